The van der Waals surface area contributed by atoms with Crippen molar-refractivity contribution in [1.82, 2.24) is 0 Å². The molecule has 0 saturated heterocycles. The van der Waals surface area contributed by atoms with Gasteiger partial charge in [0.1, 0.15) is 0 Å². The van der Waals surface area contributed by atoms with Gasteiger partial charge in [-0.15, -0.1) is 0 Å². The minimum absolute atomic E-state index is 0.485. The van der Waals surface area contributed by atoms with E-state index < -0.39 is 0 Å². The van der Waals surface area contributed by atoms with Gasteiger partial charge < -0.3 is 0 Å². The van der Waals surface area contributed by atoms with Crippen molar-refractivity contribution in [3.63, 3.8) is 0 Å². The highest BCUT2D eigenvalue weighted by atomic mass is 14.5. The summed E-state index contributed by atoms with van der Waals surface area (Å²) < 4.78 is 0. The highest BCUT2D eigenvalue weighted by molar-refractivity contribution is 5.63. The van der Waals surface area contributed by atoms with E-state index in [2.05, 4.69) is 61.5 Å². The molecule has 0 spiro atoms. The van der Waals surface area contributed by atoms with Crippen molar-refractivity contribution in [2.45, 2.75) is 89.4 Å². The van der Waals surface area contributed by atoms with Crippen molar-refractivity contribution >= 4 is 0 Å². The Morgan fingerprint density at radius 3 is 1.85 bits per heavy atom. The van der Waals surface area contributed by atoms with Crippen LogP contribution in [-0.2, 0) is 5.41 Å². The SMILES string of the molecule is CCCCCCCC12CCC(c3ccc(-c4ccccc4)cc3)(CC1)CC2. The average molecular weight is 361 g/mol. The predicted molar refractivity (Wildman–Crippen MR) is 117 cm³/mol. The largest absolute Gasteiger partial charge is 0.0654 e. The van der Waals surface area contributed by atoms with Gasteiger partial charge in [-0.25, -0.2) is 0 Å². The van der Waals surface area contributed by atoms with Gasteiger partial charge in [0, 0.05) is 0 Å². The Bertz CT molecular complexity index is 685. The fourth-order valence-corrected chi connectivity index (χ4v) is 5.82. The molecule has 3 saturated carbocycles. The number of unbranched alkanes of at least 4 members (excludes halogenated alkanes) is 4. The van der Waals surface area contributed by atoms with Gasteiger partial charge in [0.2, 0.25) is 0 Å². The summed E-state index contributed by atoms with van der Waals surface area (Å²) in [5.74, 6) is 0. The minimum atomic E-state index is 0.485. The van der Waals surface area contributed by atoms with Gasteiger partial charge in [-0.2, -0.15) is 0 Å². The zero-order chi connectivity index (χ0) is 18.6. The van der Waals surface area contributed by atoms with E-state index in [0.29, 0.717) is 10.8 Å². The van der Waals surface area contributed by atoms with Crippen LogP contribution in [0.25, 0.3) is 11.1 Å². The van der Waals surface area contributed by atoms with Crippen molar-refractivity contribution in [2.75, 3.05) is 0 Å². The second-order valence-corrected chi connectivity index (χ2v) is 9.39. The molecule has 0 radical (unpaired) electrons. The predicted octanol–water partition coefficient (Wildman–Crippen LogP) is 8.31. The van der Waals surface area contributed by atoms with Crippen LogP contribution in [0.5, 0.6) is 0 Å². The van der Waals surface area contributed by atoms with Crippen molar-refractivity contribution in [1.29, 1.82) is 0 Å². The molecule has 5 rings (SSSR count). The Morgan fingerprint density at radius 2 is 1.22 bits per heavy atom. The Kier molecular flexibility index (Phi) is 5.71. The molecule has 0 nitrogen and oxygen atoms in total. The van der Waals surface area contributed by atoms with Crippen LogP contribution in [0.3, 0.4) is 0 Å². The highest BCUT2D eigenvalue weighted by Gasteiger charge is 2.48. The molecule has 0 atom stereocenters. The van der Waals surface area contributed by atoms with Crippen molar-refractivity contribution in [3.8, 4) is 11.1 Å². The van der Waals surface area contributed by atoms with E-state index in [-0.39, 0.29) is 0 Å². The minimum Gasteiger partial charge on any atom is -0.0654 e. The lowest BCUT2D eigenvalue weighted by Gasteiger charge is -2.54. The maximum Gasteiger partial charge on any atom is -0.00463 e. The topological polar surface area (TPSA) is 0 Å². The lowest BCUT2D eigenvalue weighted by atomic mass is 9.51. The zero-order valence-electron chi connectivity index (χ0n) is 17.2. The van der Waals surface area contributed by atoms with E-state index in [1.807, 2.05) is 0 Å². The second kappa shape index (κ2) is 8.21. The van der Waals surface area contributed by atoms with Gasteiger partial charge in [0.05, 0.1) is 0 Å². The normalized spacial score (nSPS) is 27.0. The molecule has 0 heteroatoms. The summed E-state index contributed by atoms with van der Waals surface area (Å²) in [5.41, 5.74) is 5.48. The van der Waals surface area contributed by atoms with Gasteiger partial charge in [-0.05, 0) is 72.5 Å². The molecular weight excluding hydrogens is 324 g/mol. The molecule has 2 aromatic carbocycles. The van der Waals surface area contributed by atoms with Gasteiger partial charge in [0.25, 0.3) is 0 Å². The molecule has 3 fully saturated rings. The van der Waals surface area contributed by atoms with Crippen LogP contribution < -0.4 is 0 Å². The van der Waals surface area contributed by atoms with E-state index in [9.17, 15) is 0 Å². The maximum absolute atomic E-state index is 2.44. The van der Waals surface area contributed by atoms with Crippen molar-refractivity contribution in [2.24, 2.45) is 5.41 Å². The first kappa shape index (κ1) is 18.8. The third-order valence-electron chi connectivity index (χ3n) is 7.82. The number of rotatable bonds is 8. The molecule has 0 aliphatic heterocycles. The summed E-state index contributed by atoms with van der Waals surface area (Å²) in [5, 5.41) is 0. The van der Waals surface area contributed by atoms with Crippen LogP contribution in [0.2, 0.25) is 0 Å². The number of fused-ring (bicyclic) bond motifs is 3. The lowest BCUT2D eigenvalue weighted by Crippen LogP contribution is -2.44. The third kappa shape index (κ3) is 4.00. The molecule has 0 amide bonds. The Hall–Kier alpha value is -1.56. The fourth-order valence-electron chi connectivity index (χ4n) is 5.82. The van der Waals surface area contributed by atoms with Crippen LogP contribution in [0.15, 0.2) is 54.6 Å². The van der Waals surface area contributed by atoms with Gasteiger partial charge >= 0.3 is 0 Å². The van der Waals surface area contributed by atoms with E-state index in [1.165, 1.54) is 88.2 Å². The molecule has 2 bridgehead atoms. The quantitative estimate of drug-likeness (QED) is 0.415. The molecule has 27 heavy (non-hydrogen) atoms. The molecule has 3 aliphatic carbocycles. The summed E-state index contributed by atoms with van der Waals surface area (Å²) in [4.78, 5) is 0. The number of benzene rings is 2. The molecule has 0 heterocycles. The molecular formula is C27H36. The molecule has 0 N–H and O–H groups in total. The van der Waals surface area contributed by atoms with Gasteiger partial charge in [-0.3, -0.25) is 0 Å². The molecule has 0 unspecified atom stereocenters. The van der Waals surface area contributed by atoms with Gasteiger partial charge in [0.15, 0.2) is 0 Å². The summed E-state index contributed by atoms with van der Waals surface area (Å²) in [6.45, 7) is 2.31. The maximum atomic E-state index is 2.44. The lowest BCUT2D eigenvalue weighted by molar-refractivity contribution is 0.0304. The zero-order valence-corrected chi connectivity index (χ0v) is 17.2. The third-order valence-corrected chi connectivity index (χ3v) is 7.82. The average Bonchev–Trinajstić information content (AvgIpc) is 2.76. The van der Waals surface area contributed by atoms with E-state index in [4.69, 9.17) is 0 Å². The summed E-state index contributed by atoms with van der Waals surface area (Å²) in [7, 11) is 0. The fraction of sp³-hybridized carbons (Fsp3) is 0.556. The molecule has 144 valence electrons. The Labute approximate surface area is 166 Å². The molecule has 3 aliphatic rings. The van der Waals surface area contributed by atoms with E-state index >= 15 is 0 Å². The molecule has 2 aromatic rings. The summed E-state index contributed by atoms with van der Waals surface area (Å²) in [6, 6.07) is 20.4. The smallest absolute Gasteiger partial charge is 0.00463 e. The van der Waals surface area contributed by atoms with E-state index in [1.54, 1.807) is 5.56 Å². The van der Waals surface area contributed by atoms with Crippen molar-refractivity contribution in [3.05, 3.63) is 60.2 Å². The summed E-state index contributed by atoms with van der Waals surface area (Å²) in [6.07, 6.45) is 17.4. The van der Waals surface area contributed by atoms with Gasteiger partial charge in [-0.1, -0.05) is 93.6 Å². The van der Waals surface area contributed by atoms with Crippen LogP contribution in [0.1, 0.15) is 89.5 Å². The van der Waals surface area contributed by atoms with Crippen LogP contribution in [-0.4, -0.2) is 0 Å². The monoisotopic (exact) mass is 360 g/mol. The molecule has 0 aromatic heterocycles. The first-order chi connectivity index (χ1) is 13.3. The second-order valence-electron chi connectivity index (χ2n) is 9.39. The standard InChI is InChI=1S/C27H36/c1-2-3-4-5-9-16-26-17-20-27(21-18-26,22-19-26)25-14-12-24(13-15-25)23-10-7-6-8-11-23/h6-8,10-15H,2-5,9,16-22H2,1H3. The van der Waals surface area contributed by atoms with Crippen LogP contribution in [0, 0.1) is 5.41 Å². The Balaban J connectivity index is 1.38. The number of hydrogen-bond donors (Lipinski definition) is 0. The first-order valence-electron chi connectivity index (χ1n) is 11.4. The van der Waals surface area contributed by atoms with Crippen LogP contribution >= 0.6 is 0 Å². The highest BCUT2D eigenvalue weighted by Crippen LogP contribution is 2.59. The van der Waals surface area contributed by atoms with Crippen molar-refractivity contribution < 1.29 is 0 Å². The number of hydrogen-bond acceptors (Lipinski definition) is 0. The summed E-state index contributed by atoms with van der Waals surface area (Å²) >= 11 is 0. The van der Waals surface area contributed by atoms with E-state index in [0.717, 1.165) is 0 Å². The Morgan fingerprint density at radius 1 is 0.630 bits per heavy atom. The first-order valence-corrected chi connectivity index (χ1v) is 11.4. The van der Waals surface area contributed by atoms with Crippen LogP contribution in [0.4, 0.5) is 0 Å².